The molecule has 1 heterocycles. The molecule has 0 saturated heterocycles. The van der Waals surface area contributed by atoms with E-state index < -0.39 is 18.0 Å². The van der Waals surface area contributed by atoms with E-state index >= 15 is 0 Å². The number of aryl methyl sites for hydroxylation is 1. The molecule has 1 aromatic rings. The number of hydrogen-bond acceptors (Lipinski definition) is 3. The first-order valence-corrected chi connectivity index (χ1v) is 6.53. The third-order valence-electron chi connectivity index (χ3n) is 3.26. The zero-order chi connectivity index (χ0) is 12.4. The molecule has 3 atom stereocenters. The largest absolute Gasteiger partial charge is 0.481 e. The third kappa shape index (κ3) is 2.58. The van der Waals surface area contributed by atoms with E-state index in [-0.39, 0.29) is 5.92 Å². The number of allylic oxidation sites excluding steroid dienone is 2. The number of aliphatic hydroxyl groups is 1. The maximum Gasteiger partial charge on any atom is 0.307 e. The molecule has 1 aromatic heterocycles. The lowest BCUT2D eigenvalue weighted by Gasteiger charge is -2.28. The molecule has 1 aliphatic carbocycles. The van der Waals surface area contributed by atoms with Crippen molar-refractivity contribution in [3.8, 4) is 0 Å². The van der Waals surface area contributed by atoms with E-state index in [2.05, 4.69) is 0 Å². The summed E-state index contributed by atoms with van der Waals surface area (Å²) in [6, 6.07) is 3.85. The SMILES string of the molecule is Cc1ccc(C(O)C2CC=CCC2C(=O)O)s1. The summed E-state index contributed by atoms with van der Waals surface area (Å²) >= 11 is 1.54. The standard InChI is InChI=1S/C13H16O3S/c1-8-6-7-11(17-8)12(14)9-4-2-3-5-10(9)13(15)16/h2-3,6-7,9-10,12,14H,4-5H2,1H3,(H,15,16). The van der Waals surface area contributed by atoms with Crippen molar-refractivity contribution in [3.63, 3.8) is 0 Å². The Morgan fingerprint density at radius 3 is 2.71 bits per heavy atom. The zero-order valence-corrected chi connectivity index (χ0v) is 10.5. The molecule has 1 aliphatic rings. The minimum Gasteiger partial charge on any atom is -0.481 e. The molecule has 0 saturated carbocycles. The van der Waals surface area contributed by atoms with Gasteiger partial charge in [-0.25, -0.2) is 0 Å². The van der Waals surface area contributed by atoms with Gasteiger partial charge in [-0.2, -0.15) is 0 Å². The molecule has 92 valence electrons. The molecule has 0 radical (unpaired) electrons. The predicted molar refractivity (Wildman–Crippen MR) is 67.0 cm³/mol. The van der Waals surface area contributed by atoms with E-state index in [1.165, 1.54) is 11.3 Å². The van der Waals surface area contributed by atoms with Gasteiger partial charge in [-0.3, -0.25) is 4.79 Å². The Hall–Kier alpha value is -1.13. The van der Waals surface area contributed by atoms with Crippen molar-refractivity contribution < 1.29 is 15.0 Å². The van der Waals surface area contributed by atoms with Gasteiger partial charge in [0.2, 0.25) is 0 Å². The number of hydrogen-bond donors (Lipinski definition) is 2. The molecule has 17 heavy (non-hydrogen) atoms. The highest BCUT2D eigenvalue weighted by Crippen LogP contribution is 2.38. The van der Waals surface area contributed by atoms with Crippen LogP contribution in [-0.2, 0) is 4.79 Å². The van der Waals surface area contributed by atoms with Gasteiger partial charge in [0.15, 0.2) is 0 Å². The van der Waals surface area contributed by atoms with Crippen molar-refractivity contribution in [2.45, 2.75) is 25.9 Å². The van der Waals surface area contributed by atoms with Crippen LogP contribution in [0.25, 0.3) is 0 Å². The maximum atomic E-state index is 11.2. The van der Waals surface area contributed by atoms with Crippen molar-refractivity contribution in [1.29, 1.82) is 0 Å². The molecule has 0 fully saturated rings. The van der Waals surface area contributed by atoms with Crippen LogP contribution in [0.15, 0.2) is 24.3 Å². The molecule has 0 aliphatic heterocycles. The van der Waals surface area contributed by atoms with Crippen LogP contribution in [0.2, 0.25) is 0 Å². The first-order valence-electron chi connectivity index (χ1n) is 5.72. The maximum absolute atomic E-state index is 11.2. The van der Waals surface area contributed by atoms with Crippen molar-refractivity contribution >= 4 is 17.3 Å². The normalized spacial score (nSPS) is 25.8. The smallest absolute Gasteiger partial charge is 0.307 e. The van der Waals surface area contributed by atoms with Crippen LogP contribution in [-0.4, -0.2) is 16.2 Å². The fourth-order valence-corrected chi connectivity index (χ4v) is 3.23. The van der Waals surface area contributed by atoms with Crippen molar-refractivity contribution in [3.05, 3.63) is 34.0 Å². The number of rotatable bonds is 3. The fourth-order valence-electron chi connectivity index (χ4n) is 2.29. The highest BCUT2D eigenvalue weighted by atomic mass is 32.1. The molecular weight excluding hydrogens is 236 g/mol. The highest BCUT2D eigenvalue weighted by molar-refractivity contribution is 7.12. The second-order valence-corrected chi connectivity index (χ2v) is 5.76. The molecule has 2 rings (SSSR count). The van der Waals surface area contributed by atoms with Gasteiger partial charge in [-0.1, -0.05) is 12.2 Å². The van der Waals surface area contributed by atoms with Gasteiger partial charge in [0.1, 0.15) is 0 Å². The van der Waals surface area contributed by atoms with Crippen LogP contribution < -0.4 is 0 Å². The predicted octanol–water partition coefficient (Wildman–Crippen LogP) is 2.76. The second-order valence-electron chi connectivity index (χ2n) is 4.44. The van der Waals surface area contributed by atoms with E-state index in [0.29, 0.717) is 12.8 Å². The molecule has 0 bridgehead atoms. The Bertz CT molecular complexity index is 436. The molecular formula is C13H16O3S. The van der Waals surface area contributed by atoms with E-state index in [9.17, 15) is 9.90 Å². The number of aliphatic hydroxyl groups excluding tert-OH is 1. The number of carbonyl (C=O) groups is 1. The minimum atomic E-state index is -0.813. The average Bonchev–Trinajstić information content (AvgIpc) is 2.75. The van der Waals surface area contributed by atoms with Crippen molar-refractivity contribution in [2.24, 2.45) is 11.8 Å². The first kappa shape index (κ1) is 12.3. The third-order valence-corrected chi connectivity index (χ3v) is 4.33. The average molecular weight is 252 g/mol. The Morgan fingerprint density at radius 2 is 2.12 bits per heavy atom. The van der Waals surface area contributed by atoms with E-state index in [4.69, 9.17) is 5.11 Å². The van der Waals surface area contributed by atoms with Crippen LogP contribution in [0, 0.1) is 18.8 Å². The molecule has 2 N–H and O–H groups in total. The van der Waals surface area contributed by atoms with Gasteiger partial charge in [0, 0.05) is 15.7 Å². The minimum absolute atomic E-state index is 0.212. The monoisotopic (exact) mass is 252 g/mol. The van der Waals surface area contributed by atoms with Gasteiger partial charge in [-0.05, 0) is 31.9 Å². The summed E-state index contributed by atoms with van der Waals surface area (Å²) in [6.45, 7) is 1.98. The lowest BCUT2D eigenvalue weighted by Crippen LogP contribution is -2.29. The molecule has 0 spiro atoms. The summed E-state index contributed by atoms with van der Waals surface area (Å²) in [6.07, 6.45) is 4.34. The molecule has 0 aromatic carbocycles. The number of carboxylic acids is 1. The summed E-state index contributed by atoms with van der Waals surface area (Å²) in [7, 11) is 0. The topological polar surface area (TPSA) is 57.5 Å². The van der Waals surface area contributed by atoms with Gasteiger partial charge in [0.05, 0.1) is 12.0 Å². The fraction of sp³-hybridized carbons (Fsp3) is 0.462. The Kier molecular flexibility index (Phi) is 3.64. The number of thiophene rings is 1. The molecule has 4 heteroatoms. The van der Waals surface area contributed by atoms with Crippen LogP contribution in [0.1, 0.15) is 28.7 Å². The van der Waals surface area contributed by atoms with Gasteiger partial charge < -0.3 is 10.2 Å². The van der Waals surface area contributed by atoms with E-state index in [1.807, 2.05) is 31.2 Å². The Labute approximate surface area is 104 Å². The summed E-state index contributed by atoms with van der Waals surface area (Å²) in [5, 5.41) is 19.5. The molecule has 3 nitrogen and oxygen atoms in total. The first-order chi connectivity index (χ1) is 8.09. The Balaban J connectivity index is 2.20. The van der Waals surface area contributed by atoms with Gasteiger partial charge in [-0.15, -0.1) is 11.3 Å². The van der Waals surface area contributed by atoms with Crippen LogP contribution in [0.5, 0.6) is 0 Å². The molecule has 0 amide bonds. The summed E-state index contributed by atoms with van der Waals surface area (Å²) in [4.78, 5) is 13.2. The van der Waals surface area contributed by atoms with Gasteiger partial charge in [0.25, 0.3) is 0 Å². The summed E-state index contributed by atoms with van der Waals surface area (Å²) in [5.41, 5.74) is 0. The van der Waals surface area contributed by atoms with E-state index in [1.54, 1.807) is 0 Å². The second kappa shape index (κ2) is 5.02. The number of aliphatic carboxylic acids is 1. The lowest BCUT2D eigenvalue weighted by atomic mass is 9.79. The van der Waals surface area contributed by atoms with Crippen LogP contribution in [0.4, 0.5) is 0 Å². The van der Waals surface area contributed by atoms with E-state index in [0.717, 1.165) is 9.75 Å². The summed E-state index contributed by atoms with van der Waals surface area (Å²) in [5.74, 6) is -1.50. The molecule has 3 unspecified atom stereocenters. The van der Waals surface area contributed by atoms with Crippen molar-refractivity contribution in [1.82, 2.24) is 0 Å². The lowest BCUT2D eigenvalue weighted by molar-refractivity contribution is -0.145. The van der Waals surface area contributed by atoms with Gasteiger partial charge >= 0.3 is 5.97 Å². The highest BCUT2D eigenvalue weighted by Gasteiger charge is 2.34. The van der Waals surface area contributed by atoms with Crippen LogP contribution in [0.3, 0.4) is 0 Å². The zero-order valence-electron chi connectivity index (χ0n) is 9.67. The van der Waals surface area contributed by atoms with Crippen molar-refractivity contribution in [2.75, 3.05) is 0 Å². The number of carboxylic acid groups (broad SMARTS) is 1. The summed E-state index contributed by atoms with van der Waals surface area (Å²) < 4.78 is 0. The van der Waals surface area contributed by atoms with Crippen LogP contribution >= 0.6 is 11.3 Å². The quantitative estimate of drug-likeness (QED) is 0.813. The Morgan fingerprint density at radius 1 is 1.41 bits per heavy atom.